The number of carbonyl (C=O) groups excluding carboxylic acids is 1. The fraction of sp³-hybridized carbons (Fsp3) is 0.500. The molecule has 3 amide bonds. The summed E-state index contributed by atoms with van der Waals surface area (Å²) in [6.45, 7) is 0.920. The number of rotatable bonds is 6. The van der Waals surface area contributed by atoms with Crippen molar-refractivity contribution in [1.29, 1.82) is 0 Å². The van der Waals surface area contributed by atoms with Gasteiger partial charge < -0.3 is 19.7 Å². The molecule has 0 spiro atoms. The molecule has 1 aromatic carbocycles. The molecule has 30 heavy (non-hydrogen) atoms. The normalized spacial score (nSPS) is 27.8. The van der Waals surface area contributed by atoms with Gasteiger partial charge >= 0.3 is 12.1 Å². The number of amides is 3. The van der Waals surface area contributed by atoms with Crippen LogP contribution in [-0.4, -0.2) is 56.0 Å². The first-order valence-electron chi connectivity index (χ1n) is 10.2. The third-order valence-electron chi connectivity index (χ3n) is 6.09. The number of carboxylic acid groups (broad SMARTS) is 1. The van der Waals surface area contributed by atoms with Gasteiger partial charge in [0.05, 0.1) is 6.04 Å². The smallest absolute Gasteiger partial charge is 0.404 e. The van der Waals surface area contributed by atoms with Crippen molar-refractivity contribution in [2.24, 2.45) is 0 Å². The lowest BCUT2D eigenvalue weighted by molar-refractivity contribution is -0.140. The first-order chi connectivity index (χ1) is 14.6. The van der Waals surface area contributed by atoms with Crippen LogP contribution in [0.4, 0.5) is 9.59 Å². The summed E-state index contributed by atoms with van der Waals surface area (Å²) in [4.78, 5) is 31.2. The minimum atomic E-state index is -1.02. The van der Waals surface area contributed by atoms with Crippen molar-refractivity contribution in [2.75, 3.05) is 6.54 Å². The zero-order valence-corrected chi connectivity index (χ0v) is 16.3. The fourth-order valence-corrected chi connectivity index (χ4v) is 4.43. The molecule has 3 fully saturated rings. The van der Waals surface area contributed by atoms with Crippen molar-refractivity contribution in [3.05, 3.63) is 47.7 Å². The van der Waals surface area contributed by atoms with Crippen LogP contribution in [0.3, 0.4) is 0 Å². The van der Waals surface area contributed by atoms with E-state index < -0.39 is 6.09 Å². The van der Waals surface area contributed by atoms with Gasteiger partial charge in [0.25, 0.3) is 0 Å². The highest BCUT2D eigenvalue weighted by Gasteiger charge is 2.48. The van der Waals surface area contributed by atoms with Gasteiger partial charge in [0.1, 0.15) is 12.6 Å². The Morgan fingerprint density at radius 3 is 2.73 bits per heavy atom. The molecule has 3 heterocycles. The lowest BCUT2D eigenvalue weighted by Gasteiger charge is -2.32. The predicted molar refractivity (Wildman–Crippen MR) is 102 cm³/mol. The van der Waals surface area contributed by atoms with E-state index in [1.165, 1.54) is 5.06 Å². The van der Waals surface area contributed by atoms with Crippen LogP contribution in [0.5, 0.6) is 0 Å². The van der Waals surface area contributed by atoms with Gasteiger partial charge in [0.15, 0.2) is 0 Å². The Labute approximate surface area is 172 Å². The first kappa shape index (κ1) is 18.9. The molecule has 2 bridgehead atoms. The standard InChI is InChI=1S/C20H23N5O5/c26-19(27)21-14-8-13(9-14)17-22-23-18(30-17)16-7-6-15-10-24(16)20(28)25(15)29-11-12-4-2-1-3-5-12/h1-5,13-16,21H,6-11H2,(H,26,27)/t13?,14?,15-,16+/m1/s1. The second-order valence-corrected chi connectivity index (χ2v) is 8.06. The van der Waals surface area contributed by atoms with Crippen LogP contribution in [0, 0.1) is 0 Å². The summed E-state index contributed by atoms with van der Waals surface area (Å²) >= 11 is 0. The number of nitrogens with one attached hydrogen (secondary N) is 1. The van der Waals surface area contributed by atoms with Gasteiger partial charge in [-0.25, -0.2) is 9.59 Å². The second kappa shape index (κ2) is 7.60. The van der Waals surface area contributed by atoms with E-state index in [1.54, 1.807) is 4.90 Å². The van der Waals surface area contributed by atoms with E-state index in [1.807, 2.05) is 30.3 Å². The third kappa shape index (κ3) is 3.47. The molecule has 10 nitrogen and oxygen atoms in total. The molecule has 2 N–H and O–H groups in total. The maximum atomic E-state index is 12.9. The summed E-state index contributed by atoms with van der Waals surface area (Å²) in [5.41, 5.74) is 1.01. The summed E-state index contributed by atoms with van der Waals surface area (Å²) < 4.78 is 5.89. The van der Waals surface area contributed by atoms with Crippen molar-refractivity contribution in [3.8, 4) is 0 Å². The second-order valence-electron chi connectivity index (χ2n) is 8.06. The van der Waals surface area contributed by atoms with Crippen LogP contribution in [0.1, 0.15) is 55.0 Å². The van der Waals surface area contributed by atoms with Crippen molar-refractivity contribution in [2.45, 2.75) is 56.3 Å². The van der Waals surface area contributed by atoms with Crippen LogP contribution in [0.25, 0.3) is 0 Å². The molecule has 0 unspecified atom stereocenters. The minimum absolute atomic E-state index is 0.0225. The Morgan fingerprint density at radius 2 is 1.97 bits per heavy atom. The van der Waals surface area contributed by atoms with Crippen LogP contribution in [-0.2, 0) is 11.4 Å². The molecule has 1 aromatic heterocycles. The topological polar surface area (TPSA) is 121 Å². The van der Waals surface area contributed by atoms with Gasteiger partial charge in [-0.05, 0) is 31.2 Å². The number of hydrogen-bond acceptors (Lipinski definition) is 6. The molecule has 2 saturated heterocycles. The van der Waals surface area contributed by atoms with Crippen LogP contribution in [0.2, 0.25) is 0 Å². The van der Waals surface area contributed by atoms with E-state index in [0.717, 1.165) is 18.4 Å². The van der Waals surface area contributed by atoms with Crippen LogP contribution >= 0.6 is 0 Å². The van der Waals surface area contributed by atoms with Crippen LogP contribution in [0.15, 0.2) is 34.7 Å². The Bertz CT molecular complexity index is 929. The highest BCUT2D eigenvalue weighted by molar-refractivity contribution is 5.77. The van der Waals surface area contributed by atoms with Crippen molar-refractivity contribution < 1.29 is 24.0 Å². The Hall–Kier alpha value is -3.14. The molecule has 2 aromatic rings. The third-order valence-corrected chi connectivity index (χ3v) is 6.09. The number of benzene rings is 1. The number of aromatic nitrogens is 2. The van der Waals surface area contributed by atoms with Gasteiger partial charge in [-0.2, -0.15) is 5.06 Å². The molecular weight excluding hydrogens is 390 g/mol. The summed E-state index contributed by atoms with van der Waals surface area (Å²) in [6, 6.07) is 9.28. The molecule has 3 aliphatic rings. The summed E-state index contributed by atoms with van der Waals surface area (Å²) in [5, 5.41) is 21.1. The van der Waals surface area contributed by atoms with Gasteiger partial charge in [-0.15, -0.1) is 10.2 Å². The maximum Gasteiger partial charge on any atom is 0.404 e. The Kier molecular flexibility index (Phi) is 4.78. The monoisotopic (exact) mass is 413 g/mol. The molecule has 158 valence electrons. The SMILES string of the molecule is O=C(O)NC1CC(c2nnc([C@@H]3CC[C@@H]4CN3C(=O)N4OCc3ccccc3)o2)C1. The van der Waals surface area contributed by atoms with Crippen molar-refractivity contribution in [1.82, 2.24) is 25.5 Å². The Balaban J connectivity index is 1.21. The molecular formula is C20H23N5O5. The molecule has 0 radical (unpaired) electrons. The summed E-state index contributed by atoms with van der Waals surface area (Å²) in [5.74, 6) is 1.01. The number of carbonyl (C=O) groups is 2. The molecule has 5 rings (SSSR count). The van der Waals surface area contributed by atoms with E-state index in [0.29, 0.717) is 37.8 Å². The molecule has 1 saturated carbocycles. The number of nitrogens with zero attached hydrogens (tertiary/aromatic N) is 4. The quantitative estimate of drug-likeness (QED) is 0.747. The van der Waals surface area contributed by atoms with Crippen molar-refractivity contribution in [3.63, 3.8) is 0 Å². The van der Waals surface area contributed by atoms with E-state index >= 15 is 0 Å². The van der Waals surface area contributed by atoms with E-state index in [9.17, 15) is 9.59 Å². The number of piperidine rings is 1. The molecule has 10 heteroatoms. The number of hydrogen-bond donors (Lipinski definition) is 2. The highest BCUT2D eigenvalue weighted by Crippen LogP contribution is 2.40. The highest BCUT2D eigenvalue weighted by atomic mass is 16.7. The van der Waals surface area contributed by atoms with E-state index in [-0.39, 0.29) is 30.1 Å². The number of fused-ring (bicyclic) bond motifs is 2. The predicted octanol–water partition coefficient (Wildman–Crippen LogP) is 2.66. The van der Waals surface area contributed by atoms with Gasteiger partial charge in [0.2, 0.25) is 11.8 Å². The van der Waals surface area contributed by atoms with Crippen LogP contribution < -0.4 is 5.32 Å². The minimum Gasteiger partial charge on any atom is -0.465 e. The number of hydroxylamine groups is 2. The molecule has 1 aliphatic carbocycles. The zero-order chi connectivity index (χ0) is 20.7. The average molecular weight is 413 g/mol. The largest absolute Gasteiger partial charge is 0.465 e. The summed E-state index contributed by atoms with van der Waals surface area (Å²) in [6.07, 6.45) is 1.80. The number of urea groups is 1. The van der Waals surface area contributed by atoms with Gasteiger partial charge in [-0.1, -0.05) is 30.3 Å². The maximum absolute atomic E-state index is 12.9. The zero-order valence-electron chi connectivity index (χ0n) is 16.3. The van der Waals surface area contributed by atoms with E-state index in [2.05, 4.69) is 15.5 Å². The lowest BCUT2D eigenvalue weighted by Crippen LogP contribution is -2.42. The first-order valence-corrected chi connectivity index (χ1v) is 10.2. The molecule has 2 atom stereocenters. The van der Waals surface area contributed by atoms with Gasteiger partial charge in [-0.3, -0.25) is 4.84 Å². The Morgan fingerprint density at radius 1 is 1.20 bits per heavy atom. The lowest BCUT2D eigenvalue weighted by atomic mass is 9.80. The van der Waals surface area contributed by atoms with Gasteiger partial charge in [0, 0.05) is 18.5 Å². The fourth-order valence-electron chi connectivity index (χ4n) is 4.43. The summed E-state index contributed by atoms with van der Waals surface area (Å²) in [7, 11) is 0. The average Bonchev–Trinajstić information content (AvgIpc) is 3.28. The molecule has 2 aliphatic heterocycles. The van der Waals surface area contributed by atoms with E-state index in [4.69, 9.17) is 14.4 Å². The van der Waals surface area contributed by atoms with Crippen molar-refractivity contribution >= 4 is 12.1 Å².